The van der Waals surface area contributed by atoms with Gasteiger partial charge in [0.25, 0.3) is 0 Å². The van der Waals surface area contributed by atoms with E-state index in [1.165, 1.54) is 6.07 Å². The van der Waals surface area contributed by atoms with Gasteiger partial charge in [0, 0.05) is 17.0 Å². The number of anilines is 1. The van der Waals surface area contributed by atoms with Gasteiger partial charge < -0.3 is 5.73 Å². The van der Waals surface area contributed by atoms with Gasteiger partial charge in [0.05, 0.1) is 4.47 Å². The Morgan fingerprint density at radius 3 is 2.85 bits per heavy atom. The van der Waals surface area contributed by atoms with Crippen LogP contribution in [0.15, 0.2) is 21.5 Å². The zero-order valence-electron chi connectivity index (χ0n) is 10.9. The van der Waals surface area contributed by atoms with Gasteiger partial charge in [-0.25, -0.2) is 17.5 Å². The van der Waals surface area contributed by atoms with E-state index in [0.29, 0.717) is 0 Å². The Hall–Kier alpha value is -0.310. The highest BCUT2D eigenvalue weighted by Crippen LogP contribution is 2.37. The predicted octanol–water partition coefficient (Wildman–Crippen LogP) is 2.73. The first-order valence-electron chi connectivity index (χ1n) is 6.12. The fourth-order valence-electron chi connectivity index (χ4n) is 2.08. The highest BCUT2D eigenvalue weighted by Gasteiger charge is 2.32. The summed E-state index contributed by atoms with van der Waals surface area (Å²) >= 11 is 4.70. The average molecular weight is 383 g/mol. The van der Waals surface area contributed by atoms with Gasteiger partial charge in [-0.2, -0.15) is 11.8 Å². The van der Waals surface area contributed by atoms with Crippen molar-refractivity contribution in [2.45, 2.75) is 29.4 Å². The molecule has 0 saturated carbocycles. The molecule has 0 radical (unpaired) electrons. The van der Waals surface area contributed by atoms with E-state index in [2.05, 4.69) is 20.7 Å². The maximum absolute atomic E-state index is 13.9. The van der Waals surface area contributed by atoms with Gasteiger partial charge in [0.1, 0.15) is 4.90 Å². The van der Waals surface area contributed by atoms with Crippen LogP contribution in [0.5, 0.6) is 0 Å². The van der Waals surface area contributed by atoms with Crippen molar-refractivity contribution in [1.82, 2.24) is 4.72 Å². The van der Waals surface area contributed by atoms with Crippen LogP contribution in [0.4, 0.5) is 10.1 Å². The summed E-state index contributed by atoms with van der Waals surface area (Å²) in [4.78, 5) is -0.420. The van der Waals surface area contributed by atoms with Crippen LogP contribution in [0.25, 0.3) is 0 Å². The summed E-state index contributed by atoms with van der Waals surface area (Å²) in [6.07, 6.45) is 2.02. The molecule has 8 heteroatoms. The molecule has 1 aromatic rings. The van der Waals surface area contributed by atoms with E-state index >= 15 is 0 Å². The van der Waals surface area contributed by atoms with Gasteiger partial charge in [-0.1, -0.05) is 0 Å². The molecule has 0 spiro atoms. The Labute approximate surface area is 130 Å². The molecule has 1 atom stereocenters. The lowest BCUT2D eigenvalue weighted by molar-refractivity contribution is 0.538. The number of thioether (sulfide) groups is 1. The lowest BCUT2D eigenvalue weighted by Crippen LogP contribution is -2.37. The molecule has 112 valence electrons. The minimum absolute atomic E-state index is 0.0410. The smallest absolute Gasteiger partial charge is 0.243 e. The van der Waals surface area contributed by atoms with E-state index in [1.807, 2.05) is 6.92 Å². The summed E-state index contributed by atoms with van der Waals surface area (Å²) in [6, 6.07) is 2.47. The average Bonchev–Trinajstić information content (AvgIpc) is 2.79. The van der Waals surface area contributed by atoms with Gasteiger partial charge >= 0.3 is 0 Å². The van der Waals surface area contributed by atoms with E-state index in [0.717, 1.165) is 24.7 Å². The normalized spacial score (nSPS) is 23.1. The molecule has 1 aromatic carbocycles. The fraction of sp³-hybridized carbons (Fsp3) is 0.500. The molecule has 3 N–H and O–H groups in total. The number of hydrogen-bond donors (Lipinski definition) is 2. The minimum Gasteiger partial charge on any atom is -0.399 e. The molecule has 0 amide bonds. The Bertz CT molecular complexity index is 616. The number of nitrogens with one attached hydrogen (secondary N) is 1. The molecule has 2 rings (SSSR count). The van der Waals surface area contributed by atoms with Crippen LogP contribution in [0.3, 0.4) is 0 Å². The predicted molar refractivity (Wildman–Crippen MR) is 83.8 cm³/mol. The van der Waals surface area contributed by atoms with Crippen LogP contribution in [-0.2, 0) is 10.0 Å². The number of nitrogens with two attached hydrogens (primary N) is 1. The fourth-order valence-corrected chi connectivity index (χ4v) is 5.33. The van der Waals surface area contributed by atoms with E-state index in [1.54, 1.807) is 11.8 Å². The van der Waals surface area contributed by atoms with Crippen LogP contribution in [0.1, 0.15) is 19.8 Å². The van der Waals surface area contributed by atoms with Gasteiger partial charge in [-0.05, 0) is 53.6 Å². The molecule has 0 bridgehead atoms. The molecular weight excluding hydrogens is 367 g/mol. The van der Waals surface area contributed by atoms with Crippen molar-refractivity contribution in [3.05, 3.63) is 22.4 Å². The molecular formula is C12H16BrFN2O2S2. The van der Waals surface area contributed by atoms with E-state index in [4.69, 9.17) is 5.73 Å². The molecule has 1 aliphatic rings. The molecule has 1 fully saturated rings. The van der Waals surface area contributed by atoms with Crippen molar-refractivity contribution >= 4 is 43.4 Å². The second kappa shape index (κ2) is 5.82. The molecule has 1 heterocycles. The van der Waals surface area contributed by atoms with Crippen molar-refractivity contribution < 1.29 is 12.8 Å². The molecule has 0 aliphatic carbocycles. The first kappa shape index (κ1) is 16.1. The Morgan fingerprint density at radius 1 is 1.55 bits per heavy atom. The maximum Gasteiger partial charge on any atom is 0.243 e. The van der Waals surface area contributed by atoms with Gasteiger partial charge in [0.15, 0.2) is 5.82 Å². The monoisotopic (exact) mass is 382 g/mol. The molecule has 1 saturated heterocycles. The van der Waals surface area contributed by atoms with Crippen molar-refractivity contribution in [3.63, 3.8) is 0 Å². The molecule has 1 aliphatic heterocycles. The van der Waals surface area contributed by atoms with Crippen molar-refractivity contribution in [1.29, 1.82) is 0 Å². The largest absolute Gasteiger partial charge is 0.399 e. The quantitative estimate of drug-likeness (QED) is 0.785. The van der Waals surface area contributed by atoms with Crippen molar-refractivity contribution in [2.24, 2.45) is 0 Å². The number of sulfonamides is 1. The van der Waals surface area contributed by atoms with Crippen LogP contribution >= 0.6 is 27.7 Å². The van der Waals surface area contributed by atoms with E-state index in [-0.39, 0.29) is 21.5 Å². The first-order valence-corrected chi connectivity index (χ1v) is 9.38. The third-order valence-electron chi connectivity index (χ3n) is 3.24. The van der Waals surface area contributed by atoms with Crippen molar-refractivity contribution in [3.8, 4) is 0 Å². The third kappa shape index (κ3) is 3.47. The number of rotatable bonds is 4. The SMILES string of the molecule is CC1(CNS(=O)(=O)c2cc(N)cc(Br)c2F)CCCS1. The summed E-state index contributed by atoms with van der Waals surface area (Å²) < 4.78 is 40.8. The maximum atomic E-state index is 13.9. The number of halogens is 2. The summed E-state index contributed by atoms with van der Waals surface area (Å²) in [5, 5.41) is 0. The second-order valence-electron chi connectivity index (χ2n) is 5.04. The first-order chi connectivity index (χ1) is 9.23. The van der Waals surface area contributed by atoms with Gasteiger partial charge in [-0.15, -0.1) is 0 Å². The van der Waals surface area contributed by atoms with E-state index < -0.39 is 20.7 Å². The number of hydrogen-bond acceptors (Lipinski definition) is 4. The van der Waals surface area contributed by atoms with Crippen LogP contribution in [0, 0.1) is 5.82 Å². The van der Waals surface area contributed by atoms with Crippen LogP contribution < -0.4 is 10.5 Å². The Morgan fingerprint density at radius 2 is 2.25 bits per heavy atom. The molecule has 0 aromatic heterocycles. The topological polar surface area (TPSA) is 72.2 Å². The van der Waals surface area contributed by atoms with Crippen LogP contribution in [0.2, 0.25) is 0 Å². The standard InChI is InChI=1S/C12H16BrFN2O2S2/c1-12(3-2-4-19-12)7-16-20(17,18)10-6-8(15)5-9(13)11(10)14/h5-6,16H,2-4,7,15H2,1H3. The minimum atomic E-state index is -3.91. The molecule has 1 unspecified atom stereocenters. The van der Waals surface area contributed by atoms with Crippen molar-refractivity contribution in [2.75, 3.05) is 18.0 Å². The zero-order chi connectivity index (χ0) is 15.0. The number of benzene rings is 1. The third-order valence-corrected chi connectivity index (χ3v) is 6.76. The lowest BCUT2D eigenvalue weighted by Gasteiger charge is -2.23. The summed E-state index contributed by atoms with van der Waals surface area (Å²) in [5.74, 6) is 0.201. The Balaban J connectivity index is 2.22. The lowest BCUT2D eigenvalue weighted by atomic mass is 10.1. The Kier molecular flexibility index (Phi) is 4.68. The summed E-state index contributed by atoms with van der Waals surface area (Å²) in [6.45, 7) is 2.30. The van der Waals surface area contributed by atoms with Gasteiger partial charge in [-0.3, -0.25) is 0 Å². The molecule has 20 heavy (non-hydrogen) atoms. The summed E-state index contributed by atoms with van der Waals surface area (Å²) in [5.41, 5.74) is 5.77. The van der Waals surface area contributed by atoms with Gasteiger partial charge in [0.2, 0.25) is 10.0 Å². The van der Waals surface area contributed by atoms with Crippen LogP contribution in [-0.4, -0.2) is 25.5 Å². The highest BCUT2D eigenvalue weighted by atomic mass is 79.9. The molecule has 4 nitrogen and oxygen atoms in total. The zero-order valence-corrected chi connectivity index (χ0v) is 14.2. The second-order valence-corrected chi connectivity index (χ2v) is 9.31. The summed E-state index contributed by atoms with van der Waals surface area (Å²) in [7, 11) is -3.91. The number of nitrogen functional groups attached to an aromatic ring is 1. The van der Waals surface area contributed by atoms with E-state index in [9.17, 15) is 12.8 Å². The highest BCUT2D eigenvalue weighted by molar-refractivity contribution is 9.10.